The number of carbonyl (C=O) groups is 1. The number of nitrogens with one attached hydrogen (secondary N) is 1. The molecule has 1 aromatic rings. The van der Waals surface area contributed by atoms with E-state index in [1.54, 1.807) is 32.4 Å². The van der Waals surface area contributed by atoms with Gasteiger partial charge in [-0.05, 0) is 38.4 Å². The van der Waals surface area contributed by atoms with Crippen molar-refractivity contribution >= 4 is 5.78 Å². The van der Waals surface area contributed by atoms with Gasteiger partial charge in [0.05, 0.1) is 25.3 Å². The highest BCUT2D eigenvalue weighted by Crippen LogP contribution is 2.30. The van der Waals surface area contributed by atoms with Crippen LogP contribution in [0.1, 0.15) is 30.1 Å². The predicted molar refractivity (Wildman–Crippen MR) is 69.5 cm³/mol. The molecule has 1 aromatic carbocycles. The first kappa shape index (κ1) is 12.9. The molecule has 1 heterocycles. The summed E-state index contributed by atoms with van der Waals surface area (Å²) < 4.78 is 10.4. The second-order valence-corrected chi connectivity index (χ2v) is 4.76. The third kappa shape index (κ3) is 2.20. The lowest BCUT2D eigenvalue weighted by Gasteiger charge is -2.23. The second kappa shape index (κ2) is 4.98. The minimum Gasteiger partial charge on any atom is -0.497 e. The molecule has 2 rings (SSSR count). The number of hydrogen-bond acceptors (Lipinski definition) is 4. The zero-order valence-electron chi connectivity index (χ0n) is 11.1. The highest BCUT2D eigenvalue weighted by atomic mass is 16.5. The van der Waals surface area contributed by atoms with E-state index < -0.39 is 5.54 Å². The fourth-order valence-corrected chi connectivity index (χ4v) is 2.37. The van der Waals surface area contributed by atoms with E-state index in [0.717, 1.165) is 19.4 Å². The van der Waals surface area contributed by atoms with Crippen LogP contribution in [-0.4, -0.2) is 32.1 Å². The van der Waals surface area contributed by atoms with E-state index in [-0.39, 0.29) is 5.78 Å². The zero-order chi connectivity index (χ0) is 13.2. The Labute approximate surface area is 107 Å². The van der Waals surface area contributed by atoms with Gasteiger partial charge in [-0.1, -0.05) is 0 Å². The van der Waals surface area contributed by atoms with Crippen LogP contribution in [0.15, 0.2) is 18.2 Å². The molecule has 1 saturated heterocycles. The summed E-state index contributed by atoms with van der Waals surface area (Å²) in [7, 11) is 3.16. The van der Waals surface area contributed by atoms with Crippen LogP contribution in [0, 0.1) is 0 Å². The molecule has 0 bridgehead atoms. The fourth-order valence-electron chi connectivity index (χ4n) is 2.37. The summed E-state index contributed by atoms with van der Waals surface area (Å²) >= 11 is 0. The SMILES string of the molecule is COc1ccc(C(=O)C2(C)CCCN2)c(OC)c1. The lowest BCUT2D eigenvalue weighted by molar-refractivity contribution is 0.0881. The Morgan fingerprint density at radius 2 is 2.11 bits per heavy atom. The first-order valence-electron chi connectivity index (χ1n) is 6.12. The van der Waals surface area contributed by atoms with Crippen LogP contribution in [-0.2, 0) is 0 Å². The lowest BCUT2D eigenvalue weighted by atomic mass is 9.89. The van der Waals surface area contributed by atoms with Crippen molar-refractivity contribution < 1.29 is 14.3 Å². The average molecular weight is 249 g/mol. The molecule has 0 amide bonds. The molecule has 1 aliphatic heterocycles. The first-order valence-corrected chi connectivity index (χ1v) is 6.12. The summed E-state index contributed by atoms with van der Waals surface area (Å²) in [6.45, 7) is 2.84. The van der Waals surface area contributed by atoms with E-state index in [9.17, 15) is 4.79 Å². The molecule has 0 spiro atoms. The van der Waals surface area contributed by atoms with Gasteiger partial charge in [-0.15, -0.1) is 0 Å². The van der Waals surface area contributed by atoms with E-state index in [0.29, 0.717) is 17.1 Å². The molecule has 0 aromatic heterocycles. The van der Waals surface area contributed by atoms with Crippen molar-refractivity contribution in [2.24, 2.45) is 0 Å². The topological polar surface area (TPSA) is 47.6 Å². The fraction of sp³-hybridized carbons (Fsp3) is 0.500. The van der Waals surface area contributed by atoms with Crippen molar-refractivity contribution in [3.8, 4) is 11.5 Å². The Morgan fingerprint density at radius 3 is 2.67 bits per heavy atom. The molecule has 1 N–H and O–H groups in total. The first-order chi connectivity index (χ1) is 8.60. The maximum atomic E-state index is 12.6. The van der Waals surface area contributed by atoms with Crippen LogP contribution in [0.4, 0.5) is 0 Å². The van der Waals surface area contributed by atoms with Crippen LogP contribution in [0.25, 0.3) is 0 Å². The molecule has 4 heteroatoms. The van der Waals surface area contributed by atoms with Gasteiger partial charge in [-0.3, -0.25) is 4.79 Å². The molecular weight excluding hydrogens is 230 g/mol. The molecule has 0 aliphatic carbocycles. The number of ether oxygens (including phenoxy) is 2. The van der Waals surface area contributed by atoms with Crippen molar-refractivity contribution in [1.29, 1.82) is 0 Å². The Morgan fingerprint density at radius 1 is 1.33 bits per heavy atom. The molecule has 18 heavy (non-hydrogen) atoms. The number of Topliss-reactive ketones (excluding diaryl/α,β-unsaturated/α-hetero) is 1. The van der Waals surface area contributed by atoms with Gasteiger partial charge in [0.1, 0.15) is 11.5 Å². The van der Waals surface area contributed by atoms with Crippen molar-refractivity contribution in [3.05, 3.63) is 23.8 Å². The zero-order valence-corrected chi connectivity index (χ0v) is 11.1. The number of rotatable bonds is 4. The third-order valence-corrected chi connectivity index (χ3v) is 3.52. The van der Waals surface area contributed by atoms with Crippen LogP contribution in [0.3, 0.4) is 0 Å². The molecule has 0 saturated carbocycles. The van der Waals surface area contributed by atoms with Gasteiger partial charge in [0.15, 0.2) is 5.78 Å². The van der Waals surface area contributed by atoms with E-state index in [1.165, 1.54) is 0 Å². The molecule has 0 radical (unpaired) electrons. The number of hydrogen-bond donors (Lipinski definition) is 1. The van der Waals surface area contributed by atoms with Gasteiger partial charge in [0, 0.05) is 6.07 Å². The van der Waals surface area contributed by atoms with Crippen LogP contribution in [0.5, 0.6) is 11.5 Å². The van der Waals surface area contributed by atoms with Crippen molar-refractivity contribution in [2.45, 2.75) is 25.3 Å². The highest BCUT2D eigenvalue weighted by Gasteiger charge is 2.37. The minimum atomic E-state index is -0.470. The third-order valence-electron chi connectivity index (χ3n) is 3.52. The van der Waals surface area contributed by atoms with Crippen molar-refractivity contribution in [3.63, 3.8) is 0 Å². The molecule has 1 aliphatic rings. The Kier molecular flexibility index (Phi) is 3.57. The van der Waals surface area contributed by atoms with E-state index in [1.807, 2.05) is 6.92 Å². The molecule has 98 valence electrons. The Hall–Kier alpha value is -1.55. The minimum absolute atomic E-state index is 0.0829. The van der Waals surface area contributed by atoms with E-state index >= 15 is 0 Å². The Bertz CT molecular complexity index is 450. The quantitative estimate of drug-likeness (QED) is 0.829. The van der Waals surface area contributed by atoms with Gasteiger partial charge in [0.25, 0.3) is 0 Å². The summed E-state index contributed by atoms with van der Waals surface area (Å²) in [5.74, 6) is 1.33. The van der Waals surface area contributed by atoms with Gasteiger partial charge in [-0.2, -0.15) is 0 Å². The maximum Gasteiger partial charge on any atom is 0.186 e. The van der Waals surface area contributed by atoms with Gasteiger partial charge < -0.3 is 14.8 Å². The molecule has 1 fully saturated rings. The average Bonchev–Trinajstić information content (AvgIpc) is 2.85. The standard InChI is InChI=1S/C14H19NO3/c1-14(7-4-8-15-14)13(16)11-6-5-10(17-2)9-12(11)18-3/h5-6,9,15H,4,7-8H2,1-3H3. The lowest BCUT2D eigenvalue weighted by Crippen LogP contribution is -2.44. The molecule has 4 nitrogen and oxygen atoms in total. The monoisotopic (exact) mass is 249 g/mol. The summed E-state index contributed by atoms with van der Waals surface area (Å²) in [6, 6.07) is 5.30. The molecule has 1 unspecified atom stereocenters. The van der Waals surface area contributed by atoms with Crippen molar-refractivity contribution in [1.82, 2.24) is 5.32 Å². The number of benzene rings is 1. The smallest absolute Gasteiger partial charge is 0.186 e. The van der Waals surface area contributed by atoms with Gasteiger partial charge in [0.2, 0.25) is 0 Å². The summed E-state index contributed by atoms with van der Waals surface area (Å²) in [5.41, 5.74) is 0.136. The van der Waals surface area contributed by atoms with Crippen LogP contribution >= 0.6 is 0 Å². The van der Waals surface area contributed by atoms with Crippen molar-refractivity contribution in [2.75, 3.05) is 20.8 Å². The normalized spacial score (nSPS) is 22.8. The summed E-state index contributed by atoms with van der Waals surface area (Å²) in [6.07, 6.45) is 1.89. The maximum absolute atomic E-state index is 12.6. The second-order valence-electron chi connectivity index (χ2n) is 4.76. The number of ketones is 1. The van der Waals surface area contributed by atoms with E-state index in [4.69, 9.17) is 9.47 Å². The van der Waals surface area contributed by atoms with Crippen LogP contribution in [0.2, 0.25) is 0 Å². The van der Waals surface area contributed by atoms with Gasteiger partial charge >= 0.3 is 0 Å². The molecular formula is C14H19NO3. The summed E-state index contributed by atoms with van der Waals surface area (Å²) in [5, 5.41) is 3.27. The summed E-state index contributed by atoms with van der Waals surface area (Å²) in [4.78, 5) is 12.6. The van der Waals surface area contributed by atoms with Gasteiger partial charge in [-0.25, -0.2) is 0 Å². The number of methoxy groups -OCH3 is 2. The Balaban J connectivity index is 2.35. The van der Waals surface area contributed by atoms with Crippen LogP contribution < -0.4 is 14.8 Å². The molecule has 1 atom stereocenters. The van der Waals surface area contributed by atoms with E-state index in [2.05, 4.69) is 5.32 Å². The number of carbonyl (C=O) groups excluding carboxylic acids is 1. The highest BCUT2D eigenvalue weighted by molar-refractivity contribution is 6.05. The predicted octanol–water partition coefficient (Wildman–Crippen LogP) is 2.03. The largest absolute Gasteiger partial charge is 0.497 e.